The summed E-state index contributed by atoms with van der Waals surface area (Å²) in [5, 5.41) is 3.48. The molecule has 2 saturated heterocycles. The van der Waals surface area contributed by atoms with Gasteiger partial charge in [0.25, 0.3) is 0 Å². The van der Waals surface area contributed by atoms with Crippen molar-refractivity contribution in [1.29, 1.82) is 0 Å². The Bertz CT molecular complexity index is 515. The first-order valence-electron chi connectivity index (χ1n) is 8.39. The van der Waals surface area contributed by atoms with Gasteiger partial charge in [0.15, 0.2) is 0 Å². The van der Waals surface area contributed by atoms with E-state index in [4.69, 9.17) is 14.5 Å². The molecule has 1 saturated carbocycles. The van der Waals surface area contributed by atoms with Crippen LogP contribution in [0, 0.1) is 0 Å². The molecule has 3 aliphatic rings. The Hall–Kier alpha value is -1.40. The summed E-state index contributed by atoms with van der Waals surface area (Å²) in [6, 6.07) is 2.30. The number of aromatic nitrogens is 2. The number of morpholine rings is 1. The predicted molar refractivity (Wildman–Crippen MR) is 84.2 cm³/mol. The van der Waals surface area contributed by atoms with E-state index in [1.165, 1.54) is 19.3 Å². The first-order chi connectivity index (χ1) is 10.8. The maximum atomic E-state index is 5.98. The molecule has 120 valence electrons. The van der Waals surface area contributed by atoms with Gasteiger partial charge in [-0.15, -0.1) is 0 Å². The van der Waals surface area contributed by atoms with E-state index in [9.17, 15) is 0 Å². The van der Waals surface area contributed by atoms with Crippen LogP contribution in [0.5, 0.6) is 0 Å². The molecule has 6 heteroatoms. The Labute approximate surface area is 131 Å². The van der Waals surface area contributed by atoms with E-state index in [1.54, 1.807) is 0 Å². The number of rotatable bonds is 3. The summed E-state index contributed by atoms with van der Waals surface area (Å²) in [7, 11) is 0. The highest BCUT2D eigenvalue weighted by Gasteiger charge is 2.42. The molecular weight excluding hydrogens is 280 g/mol. The van der Waals surface area contributed by atoms with Crippen molar-refractivity contribution >= 4 is 11.8 Å². The first-order valence-corrected chi connectivity index (χ1v) is 8.39. The highest BCUT2D eigenvalue weighted by atomic mass is 16.5. The summed E-state index contributed by atoms with van der Waals surface area (Å²) in [5.41, 5.74) is 0.0717. The molecule has 0 bridgehead atoms. The number of anilines is 2. The summed E-state index contributed by atoms with van der Waals surface area (Å²) in [6.07, 6.45) is 7.71. The Kier molecular flexibility index (Phi) is 3.88. The number of ether oxygens (including phenoxy) is 2. The zero-order chi connectivity index (χ0) is 14.8. The third kappa shape index (κ3) is 2.90. The summed E-state index contributed by atoms with van der Waals surface area (Å²) < 4.78 is 11.5. The lowest BCUT2D eigenvalue weighted by Gasteiger charge is -2.48. The first kappa shape index (κ1) is 14.2. The van der Waals surface area contributed by atoms with Crippen molar-refractivity contribution in [2.75, 3.05) is 43.1 Å². The maximum Gasteiger partial charge on any atom is 0.227 e. The van der Waals surface area contributed by atoms with Crippen LogP contribution in [0.3, 0.4) is 0 Å². The van der Waals surface area contributed by atoms with E-state index in [2.05, 4.69) is 15.2 Å². The quantitative estimate of drug-likeness (QED) is 0.919. The van der Waals surface area contributed by atoms with E-state index >= 15 is 0 Å². The van der Waals surface area contributed by atoms with Crippen LogP contribution in [0.2, 0.25) is 0 Å². The van der Waals surface area contributed by atoms with Crippen LogP contribution in [0.1, 0.15) is 32.1 Å². The fourth-order valence-corrected chi connectivity index (χ4v) is 3.53. The Morgan fingerprint density at radius 2 is 2.23 bits per heavy atom. The van der Waals surface area contributed by atoms with Gasteiger partial charge < -0.3 is 19.7 Å². The molecule has 3 fully saturated rings. The highest BCUT2D eigenvalue weighted by molar-refractivity contribution is 5.42. The average molecular weight is 304 g/mol. The molecule has 1 aromatic heterocycles. The number of hydrogen-bond acceptors (Lipinski definition) is 6. The van der Waals surface area contributed by atoms with Gasteiger partial charge in [0.05, 0.1) is 24.9 Å². The van der Waals surface area contributed by atoms with Crippen molar-refractivity contribution in [3.63, 3.8) is 0 Å². The van der Waals surface area contributed by atoms with Gasteiger partial charge in [-0.1, -0.05) is 0 Å². The Balaban J connectivity index is 1.44. The molecule has 0 radical (unpaired) electrons. The van der Waals surface area contributed by atoms with Crippen LogP contribution in [0.15, 0.2) is 12.3 Å². The summed E-state index contributed by atoms with van der Waals surface area (Å²) in [4.78, 5) is 11.4. The van der Waals surface area contributed by atoms with Crippen LogP contribution < -0.4 is 10.2 Å². The predicted octanol–water partition coefficient (Wildman–Crippen LogP) is 1.83. The van der Waals surface area contributed by atoms with Gasteiger partial charge in [0, 0.05) is 25.9 Å². The lowest BCUT2D eigenvalue weighted by molar-refractivity contribution is -0.107. The molecule has 4 rings (SSSR count). The summed E-state index contributed by atoms with van der Waals surface area (Å²) in [5.74, 6) is 1.71. The van der Waals surface area contributed by atoms with Crippen molar-refractivity contribution in [2.24, 2.45) is 0 Å². The fourth-order valence-electron chi connectivity index (χ4n) is 3.53. The molecule has 1 spiro atoms. The molecule has 6 nitrogen and oxygen atoms in total. The molecule has 1 N–H and O–H groups in total. The molecule has 3 heterocycles. The Morgan fingerprint density at radius 3 is 3.00 bits per heavy atom. The molecule has 1 unspecified atom stereocenters. The van der Waals surface area contributed by atoms with Crippen LogP contribution >= 0.6 is 0 Å². The third-order valence-electron chi connectivity index (χ3n) is 4.95. The second kappa shape index (κ2) is 6.01. The third-order valence-corrected chi connectivity index (χ3v) is 4.95. The van der Waals surface area contributed by atoms with E-state index in [-0.39, 0.29) is 5.60 Å². The lowest BCUT2D eigenvalue weighted by Crippen LogP contribution is -2.56. The zero-order valence-electron chi connectivity index (χ0n) is 13.0. The maximum absolute atomic E-state index is 5.98. The highest BCUT2D eigenvalue weighted by Crippen LogP contribution is 2.38. The monoisotopic (exact) mass is 304 g/mol. The van der Waals surface area contributed by atoms with E-state index in [1.807, 2.05) is 12.3 Å². The van der Waals surface area contributed by atoms with Crippen LogP contribution in [-0.4, -0.2) is 54.5 Å². The van der Waals surface area contributed by atoms with E-state index < -0.39 is 0 Å². The van der Waals surface area contributed by atoms with Gasteiger partial charge in [-0.3, -0.25) is 0 Å². The van der Waals surface area contributed by atoms with Crippen LogP contribution in [0.4, 0.5) is 11.8 Å². The second-order valence-corrected chi connectivity index (χ2v) is 6.61. The van der Waals surface area contributed by atoms with Crippen LogP contribution in [-0.2, 0) is 9.47 Å². The fraction of sp³-hybridized carbons (Fsp3) is 0.750. The largest absolute Gasteiger partial charge is 0.379 e. The van der Waals surface area contributed by atoms with Gasteiger partial charge in [-0.2, -0.15) is 4.98 Å². The van der Waals surface area contributed by atoms with Crippen molar-refractivity contribution < 1.29 is 9.47 Å². The number of hydrogen-bond donors (Lipinski definition) is 1. The number of nitrogens with one attached hydrogen (secondary N) is 1. The van der Waals surface area contributed by atoms with Crippen molar-refractivity contribution in [2.45, 2.75) is 43.7 Å². The minimum atomic E-state index is 0.0717. The standard InChI is InChI=1S/C16H24N4O2/c1-3-13(11-21-9-1)18-14-4-7-17-15(19-14)20-8-10-22-16(12-20)5-2-6-16/h4,7,13H,1-3,5-6,8-12H2,(H,17,18,19). The second-order valence-electron chi connectivity index (χ2n) is 6.61. The van der Waals surface area contributed by atoms with Gasteiger partial charge in [0.1, 0.15) is 5.82 Å². The van der Waals surface area contributed by atoms with Crippen molar-refractivity contribution in [3.8, 4) is 0 Å². The zero-order valence-corrected chi connectivity index (χ0v) is 13.0. The van der Waals surface area contributed by atoms with Crippen molar-refractivity contribution in [3.05, 3.63) is 12.3 Å². The van der Waals surface area contributed by atoms with Gasteiger partial charge >= 0.3 is 0 Å². The van der Waals surface area contributed by atoms with E-state index in [0.717, 1.165) is 57.5 Å². The van der Waals surface area contributed by atoms with Crippen molar-refractivity contribution in [1.82, 2.24) is 9.97 Å². The molecule has 2 aliphatic heterocycles. The molecular formula is C16H24N4O2. The topological polar surface area (TPSA) is 59.5 Å². The minimum Gasteiger partial charge on any atom is -0.379 e. The molecule has 1 atom stereocenters. The Morgan fingerprint density at radius 1 is 1.27 bits per heavy atom. The molecule has 0 amide bonds. The summed E-state index contributed by atoms with van der Waals surface area (Å²) in [6.45, 7) is 4.21. The lowest BCUT2D eigenvalue weighted by atomic mass is 9.79. The SMILES string of the molecule is c1cc(NC2CCCOC2)nc(N2CCOC3(CCC3)C2)n1. The van der Waals surface area contributed by atoms with Crippen LogP contribution in [0.25, 0.3) is 0 Å². The molecule has 1 aromatic rings. The minimum absolute atomic E-state index is 0.0717. The number of nitrogens with zero attached hydrogens (tertiary/aromatic N) is 3. The molecule has 1 aliphatic carbocycles. The smallest absolute Gasteiger partial charge is 0.227 e. The summed E-state index contributed by atoms with van der Waals surface area (Å²) >= 11 is 0. The van der Waals surface area contributed by atoms with E-state index in [0.29, 0.717) is 6.04 Å². The normalized spacial score (nSPS) is 27.5. The van der Waals surface area contributed by atoms with Gasteiger partial charge in [-0.25, -0.2) is 4.98 Å². The average Bonchev–Trinajstić information content (AvgIpc) is 2.55. The van der Waals surface area contributed by atoms with Gasteiger partial charge in [-0.05, 0) is 38.2 Å². The van der Waals surface area contributed by atoms with Gasteiger partial charge in [0.2, 0.25) is 5.95 Å². The molecule has 0 aromatic carbocycles. The molecule has 22 heavy (non-hydrogen) atoms.